The van der Waals surface area contributed by atoms with E-state index in [1.54, 1.807) is 30.3 Å². The van der Waals surface area contributed by atoms with Gasteiger partial charge in [0.1, 0.15) is 23.8 Å². The summed E-state index contributed by atoms with van der Waals surface area (Å²) in [4.78, 5) is 17.9. The van der Waals surface area contributed by atoms with E-state index in [-0.39, 0.29) is 17.8 Å². The number of imidazole rings is 1. The Kier molecular flexibility index (Phi) is 5.34. The number of thioether (sulfide) groups is 1. The molecule has 1 N–H and O–H groups in total. The van der Waals surface area contributed by atoms with Gasteiger partial charge in [-0.25, -0.2) is 9.37 Å². The number of rotatable bonds is 5. The molecule has 7 heteroatoms. The number of halogens is 1. The molecule has 5 rings (SSSR count). The number of benzene rings is 2. The van der Waals surface area contributed by atoms with E-state index in [0.717, 1.165) is 29.1 Å². The highest BCUT2D eigenvalue weighted by Crippen LogP contribution is 2.37. The molecule has 0 saturated carbocycles. The molecule has 0 radical (unpaired) electrons. The maximum atomic E-state index is 14.1. The highest BCUT2D eigenvalue weighted by atomic mass is 32.2. The molecular weight excluding hydrogens is 413 g/mol. The Bertz CT molecular complexity index is 1210. The summed E-state index contributed by atoms with van der Waals surface area (Å²) >= 11 is 1.50. The average Bonchev–Trinajstić information content (AvgIpc) is 3.22. The molecular formula is C24H20FN3O2S. The van der Waals surface area contributed by atoms with E-state index in [2.05, 4.69) is 10.3 Å². The molecule has 0 fully saturated rings. The van der Waals surface area contributed by atoms with Crippen LogP contribution in [0.4, 0.5) is 4.39 Å². The lowest BCUT2D eigenvalue weighted by Gasteiger charge is -2.26. The lowest BCUT2D eigenvalue weighted by Crippen LogP contribution is -2.30. The quantitative estimate of drug-likeness (QED) is 0.480. The van der Waals surface area contributed by atoms with Crippen LogP contribution in [0.3, 0.4) is 0 Å². The molecule has 1 aliphatic rings. The Labute approximate surface area is 183 Å². The van der Waals surface area contributed by atoms with Gasteiger partial charge in [0.15, 0.2) is 0 Å². The Morgan fingerprint density at radius 3 is 2.87 bits per heavy atom. The second-order valence-electron chi connectivity index (χ2n) is 7.33. The van der Waals surface area contributed by atoms with Gasteiger partial charge in [-0.3, -0.25) is 4.79 Å². The van der Waals surface area contributed by atoms with Crippen molar-refractivity contribution in [3.05, 3.63) is 95.7 Å². The number of carbonyl (C=O) groups is 1. The van der Waals surface area contributed by atoms with Gasteiger partial charge in [-0.15, -0.1) is 11.8 Å². The molecule has 2 aromatic heterocycles. The lowest BCUT2D eigenvalue weighted by molar-refractivity contribution is 0.0934. The first-order valence-corrected chi connectivity index (χ1v) is 11.0. The molecule has 2 aromatic carbocycles. The molecule has 5 nitrogen and oxygen atoms in total. The number of hydrogen-bond acceptors (Lipinski definition) is 4. The van der Waals surface area contributed by atoms with E-state index in [9.17, 15) is 9.18 Å². The third-order valence-corrected chi connectivity index (χ3v) is 6.41. The van der Waals surface area contributed by atoms with E-state index in [1.807, 2.05) is 41.1 Å². The summed E-state index contributed by atoms with van der Waals surface area (Å²) in [5.41, 5.74) is 3.08. The number of ether oxygens (including phenoxy) is 1. The Morgan fingerprint density at radius 2 is 2.03 bits per heavy atom. The highest BCUT2D eigenvalue weighted by Gasteiger charge is 2.24. The average molecular weight is 434 g/mol. The summed E-state index contributed by atoms with van der Waals surface area (Å²) in [5, 5.41) is 3.04. The van der Waals surface area contributed by atoms with E-state index < -0.39 is 0 Å². The maximum Gasteiger partial charge on any atom is 0.251 e. The van der Waals surface area contributed by atoms with Crippen molar-refractivity contribution < 1.29 is 13.9 Å². The fourth-order valence-corrected chi connectivity index (χ4v) is 4.84. The minimum Gasteiger partial charge on any atom is -0.487 e. The van der Waals surface area contributed by atoms with Crippen LogP contribution in [0.15, 0.2) is 78.0 Å². The van der Waals surface area contributed by atoms with Crippen molar-refractivity contribution in [3.63, 3.8) is 0 Å². The van der Waals surface area contributed by atoms with Crippen LogP contribution >= 0.6 is 11.8 Å². The van der Waals surface area contributed by atoms with Crippen LogP contribution < -0.4 is 10.1 Å². The fraction of sp³-hybridized carbons (Fsp3) is 0.167. The third kappa shape index (κ3) is 4.14. The van der Waals surface area contributed by atoms with Crippen molar-refractivity contribution in [2.75, 3.05) is 5.75 Å². The fourth-order valence-electron chi connectivity index (χ4n) is 3.69. The summed E-state index contributed by atoms with van der Waals surface area (Å²) in [6.07, 6.45) is 4.64. The zero-order valence-corrected chi connectivity index (χ0v) is 17.4. The second kappa shape index (κ2) is 8.43. The standard InChI is InChI=1S/C24H20FN3O2S/c25-20-5-3-4-19-21(11-13-31-23(19)20)27-24(29)16-7-9-18(10-8-16)30-15-17-14-28-12-2-1-6-22(28)26-17/h1-10,12,14,21H,11,13,15H2,(H,27,29)/t21-/m0/s1. The van der Waals surface area contributed by atoms with Crippen LogP contribution in [-0.2, 0) is 6.61 Å². The number of carbonyl (C=O) groups excluding carboxylic acids is 1. The normalized spacial score (nSPS) is 15.5. The van der Waals surface area contributed by atoms with Gasteiger partial charge in [0.2, 0.25) is 0 Å². The van der Waals surface area contributed by atoms with Crippen molar-refractivity contribution in [2.45, 2.75) is 24.0 Å². The van der Waals surface area contributed by atoms with Crippen LogP contribution in [0.1, 0.15) is 34.1 Å². The molecule has 0 unspecified atom stereocenters. The predicted molar refractivity (Wildman–Crippen MR) is 118 cm³/mol. The van der Waals surface area contributed by atoms with Crippen LogP contribution in [-0.4, -0.2) is 21.0 Å². The third-order valence-electron chi connectivity index (χ3n) is 5.25. The molecule has 156 valence electrons. The SMILES string of the molecule is O=C(N[C@H]1CCSc2c(F)cccc21)c1ccc(OCc2cn3ccccc3n2)cc1. The van der Waals surface area contributed by atoms with Gasteiger partial charge in [-0.1, -0.05) is 18.2 Å². The number of hydrogen-bond donors (Lipinski definition) is 1. The van der Waals surface area contributed by atoms with Crippen molar-refractivity contribution in [2.24, 2.45) is 0 Å². The Hall–Kier alpha value is -3.32. The van der Waals surface area contributed by atoms with Crippen molar-refractivity contribution >= 4 is 23.3 Å². The monoisotopic (exact) mass is 433 g/mol. The molecule has 1 aliphatic heterocycles. The molecule has 0 spiro atoms. The minimum absolute atomic E-state index is 0.181. The Morgan fingerprint density at radius 1 is 1.16 bits per heavy atom. The summed E-state index contributed by atoms with van der Waals surface area (Å²) in [5.74, 6) is 1.02. The van der Waals surface area contributed by atoms with Gasteiger partial charge in [0.25, 0.3) is 5.91 Å². The van der Waals surface area contributed by atoms with E-state index >= 15 is 0 Å². The maximum absolute atomic E-state index is 14.1. The molecule has 3 heterocycles. The summed E-state index contributed by atoms with van der Waals surface area (Å²) in [6, 6.07) is 17.7. The lowest BCUT2D eigenvalue weighted by atomic mass is 10.0. The molecule has 1 atom stereocenters. The van der Waals surface area contributed by atoms with Gasteiger partial charge < -0.3 is 14.5 Å². The highest BCUT2D eigenvalue weighted by molar-refractivity contribution is 7.99. The number of aromatic nitrogens is 2. The van der Waals surface area contributed by atoms with Gasteiger partial charge in [-0.05, 0) is 54.4 Å². The molecule has 31 heavy (non-hydrogen) atoms. The van der Waals surface area contributed by atoms with Crippen LogP contribution in [0.25, 0.3) is 5.65 Å². The topological polar surface area (TPSA) is 55.6 Å². The molecule has 1 amide bonds. The Balaban J connectivity index is 1.23. The van der Waals surface area contributed by atoms with Gasteiger partial charge >= 0.3 is 0 Å². The first kappa shape index (κ1) is 19.6. The predicted octanol–water partition coefficient (Wildman–Crippen LogP) is 5.02. The zero-order chi connectivity index (χ0) is 21.2. The number of nitrogens with zero attached hydrogens (tertiary/aromatic N) is 2. The summed E-state index contributed by atoms with van der Waals surface area (Å²) < 4.78 is 21.8. The molecule has 0 bridgehead atoms. The molecule has 0 saturated heterocycles. The van der Waals surface area contributed by atoms with Gasteiger partial charge in [0, 0.05) is 28.6 Å². The smallest absolute Gasteiger partial charge is 0.251 e. The van der Waals surface area contributed by atoms with E-state index in [4.69, 9.17) is 4.74 Å². The summed E-state index contributed by atoms with van der Waals surface area (Å²) in [6.45, 7) is 0.343. The van der Waals surface area contributed by atoms with Crippen LogP contribution in [0.5, 0.6) is 5.75 Å². The molecule has 0 aliphatic carbocycles. The van der Waals surface area contributed by atoms with E-state index in [0.29, 0.717) is 22.8 Å². The largest absolute Gasteiger partial charge is 0.487 e. The minimum atomic E-state index is -0.228. The van der Waals surface area contributed by atoms with Crippen molar-refractivity contribution in [1.82, 2.24) is 14.7 Å². The number of pyridine rings is 1. The first-order valence-electron chi connectivity index (χ1n) is 10.0. The number of amides is 1. The van der Waals surface area contributed by atoms with Gasteiger partial charge in [-0.2, -0.15) is 0 Å². The molecule has 4 aromatic rings. The second-order valence-corrected chi connectivity index (χ2v) is 8.44. The van der Waals surface area contributed by atoms with Crippen molar-refractivity contribution in [3.8, 4) is 5.75 Å². The van der Waals surface area contributed by atoms with Crippen molar-refractivity contribution in [1.29, 1.82) is 0 Å². The number of fused-ring (bicyclic) bond motifs is 2. The van der Waals surface area contributed by atoms with Gasteiger partial charge in [0.05, 0.1) is 11.7 Å². The van der Waals surface area contributed by atoms with Crippen LogP contribution in [0.2, 0.25) is 0 Å². The van der Waals surface area contributed by atoms with Crippen LogP contribution in [0, 0.1) is 5.82 Å². The first-order chi connectivity index (χ1) is 15.2. The number of nitrogens with one attached hydrogen (secondary N) is 1. The summed E-state index contributed by atoms with van der Waals surface area (Å²) in [7, 11) is 0. The van der Waals surface area contributed by atoms with E-state index in [1.165, 1.54) is 17.8 Å². The zero-order valence-electron chi connectivity index (χ0n) is 16.6.